The van der Waals surface area contributed by atoms with Crippen LogP contribution in [0, 0.1) is 23.1 Å². The predicted molar refractivity (Wildman–Crippen MR) is 131 cm³/mol. The number of nitrogens with one attached hydrogen (secondary N) is 1. The average molecular weight is 513 g/mol. The number of thiazole rings is 1. The Morgan fingerprint density at radius 3 is 2.60 bits per heavy atom. The van der Waals surface area contributed by atoms with Crippen LogP contribution in [0.1, 0.15) is 57.0 Å². The fraction of sp³-hybridized carbons (Fsp3) is 0.320. The highest BCUT2D eigenvalue weighted by molar-refractivity contribution is 7.90. The molecule has 182 valence electrons. The predicted octanol–water partition coefficient (Wildman–Crippen LogP) is 4.20. The highest BCUT2D eigenvalue weighted by Crippen LogP contribution is 2.42. The molecule has 4 rings (SSSR count). The van der Waals surface area contributed by atoms with Crippen LogP contribution in [0.4, 0.5) is 4.39 Å². The zero-order valence-corrected chi connectivity index (χ0v) is 21.2. The number of hydrogen-bond donors (Lipinski definition) is 1. The molecule has 1 atom stereocenters. The first-order valence-corrected chi connectivity index (χ1v) is 13.8. The minimum Gasteiger partial charge on any atom is -0.346 e. The van der Waals surface area contributed by atoms with Crippen molar-refractivity contribution < 1.29 is 17.6 Å². The van der Waals surface area contributed by atoms with Gasteiger partial charge in [-0.1, -0.05) is 32.0 Å². The molecule has 1 aliphatic rings. The van der Waals surface area contributed by atoms with Gasteiger partial charge in [0, 0.05) is 36.3 Å². The van der Waals surface area contributed by atoms with Gasteiger partial charge in [-0.25, -0.2) is 17.8 Å². The summed E-state index contributed by atoms with van der Waals surface area (Å²) in [6.45, 7) is 5.34. The van der Waals surface area contributed by atoms with Crippen LogP contribution >= 0.6 is 11.3 Å². The van der Waals surface area contributed by atoms with Crippen molar-refractivity contribution in [1.29, 1.82) is 5.26 Å². The lowest BCUT2D eigenvalue weighted by atomic mass is 10.0. The van der Waals surface area contributed by atoms with E-state index in [0.29, 0.717) is 23.7 Å². The summed E-state index contributed by atoms with van der Waals surface area (Å²) < 4.78 is 37.7. The van der Waals surface area contributed by atoms with Crippen LogP contribution in [0.15, 0.2) is 47.4 Å². The van der Waals surface area contributed by atoms with Crippen molar-refractivity contribution in [1.82, 2.24) is 15.2 Å². The van der Waals surface area contributed by atoms with Crippen molar-refractivity contribution in [3.63, 3.8) is 0 Å². The zero-order chi connectivity index (χ0) is 25.3. The van der Waals surface area contributed by atoms with E-state index >= 15 is 0 Å². The molecule has 0 aliphatic carbocycles. The van der Waals surface area contributed by atoms with Gasteiger partial charge in [0.15, 0.2) is 14.8 Å². The number of benzene rings is 2. The molecule has 0 saturated heterocycles. The summed E-state index contributed by atoms with van der Waals surface area (Å²) in [5.74, 6) is -0.493. The highest BCUT2D eigenvalue weighted by Gasteiger charge is 2.37. The number of carbonyl (C=O) groups is 1. The van der Waals surface area contributed by atoms with Gasteiger partial charge in [0.2, 0.25) is 0 Å². The zero-order valence-electron chi connectivity index (χ0n) is 19.6. The quantitative estimate of drug-likeness (QED) is 0.509. The summed E-state index contributed by atoms with van der Waals surface area (Å²) in [4.78, 5) is 20.8. The smallest absolute Gasteiger partial charge is 0.280 e. The summed E-state index contributed by atoms with van der Waals surface area (Å²) >= 11 is 1.34. The van der Waals surface area contributed by atoms with E-state index in [9.17, 15) is 17.6 Å². The van der Waals surface area contributed by atoms with Crippen molar-refractivity contribution >= 4 is 27.1 Å². The summed E-state index contributed by atoms with van der Waals surface area (Å²) in [5.41, 5.74) is 2.44. The number of amides is 1. The molecule has 2 aromatic carbocycles. The number of rotatable bonds is 7. The molecule has 0 radical (unpaired) electrons. The molecule has 1 aromatic heterocycles. The first kappa shape index (κ1) is 25.0. The van der Waals surface area contributed by atoms with Gasteiger partial charge in [-0.05, 0) is 35.7 Å². The minimum absolute atomic E-state index is 0.0543. The van der Waals surface area contributed by atoms with Gasteiger partial charge >= 0.3 is 0 Å². The van der Waals surface area contributed by atoms with E-state index in [4.69, 9.17) is 5.26 Å². The Morgan fingerprint density at radius 1 is 1.29 bits per heavy atom. The van der Waals surface area contributed by atoms with Gasteiger partial charge in [0.05, 0.1) is 28.3 Å². The van der Waals surface area contributed by atoms with Crippen LogP contribution in [0.2, 0.25) is 0 Å². The van der Waals surface area contributed by atoms with Crippen LogP contribution in [0.5, 0.6) is 0 Å². The van der Waals surface area contributed by atoms with Crippen LogP contribution < -0.4 is 5.32 Å². The normalized spacial score (nSPS) is 15.7. The lowest BCUT2D eigenvalue weighted by Gasteiger charge is -2.27. The monoisotopic (exact) mass is 512 g/mol. The second-order valence-corrected chi connectivity index (χ2v) is 12.0. The third kappa shape index (κ3) is 5.42. The van der Waals surface area contributed by atoms with E-state index in [1.54, 1.807) is 24.3 Å². The second kappa shape index (κ2) is 9.85. The summed E-state index contributed by atoms with van der Waals surface area (Å²) in [6, 6.07) is 12.8. The molecule has 2 heterocycles. The lowest BCUT2D eigenvalue weighted by Crippen LogP contribution is -2.27. The number of sulfone groups is 1. The Labute approximate surface area is 208 Å². The Balaban J connectivity index is 1.45. The first-order valence-electron chi connectivity index (χ1n) is 11.1. The number of fused-ring (bicyclic) bond motifs is 1. The fourth-order valence-corrected chi connectivity index (χ4v) is 5.90. The third-order valence-corrected chi connectivity index (χ3v) is 8.12. The van der Waals surface area contributed by atoms with Crippen LogP contribution in [-0.4, -0.2) is 30.5 Å². The number of nitriles is 1. The fourth-order valence-electron chi connectivity index (χ4n) is 4.23. The van der Waals surface area contributed by atoms with E-state index < -0.39 is 15.7 Å². The topological polar surface area (TPSA) is 103 Å². The molecule has 1 N–H and O–H groups in total. The summed E-state index contributed by atoms with van der Waals surface area (Å²) in [7, 11) is -3.27. The maximum Gasteiger partial charge on any atom is 0.280 e. The van der Waals surface area contributed by atoms with Crippen molar-refractivity contribution in [3.8, 4) is 6.07 Å². The largest absolute Gasteiger partial charge is 0.346 e. The molecule has 0 spiro atoms. The number of nitrogens with zero attached hydrogens (tertiary/aromatic N) is 3. The molecule has 1 amide bonds. The Morgan fingerprint density at radius 2 is 2.00 bits per heavy atom. The molecule has 3 aromatic rings. The number of hydrogen-bond acceptors (Lipinski definition) is 7. The van der Waals surface area contributed by atoms with Gasteiger partial charge in [0.25, 0.3) is 5.91 Å². The lowest BCUT2D eigenvalue weighted by molar-refractivity contribution is 0.0949. The SMILES string of the molecule is CC(C)[C@H]1c2nc(C(=O)NCc3ccc(S(C)(=O)=O)cc3)sc2CN1Cc1ccc(C#N)cc1F. The summed E-state index contributed by atoms with van der Waals surface area (Å²) in [5, 5.41) is 12.2. The molecular weight excluding hydrogens is 487 g/mol. The molecular formula is C25H25FN4O3S2. The molecule has 0 fully saturated rings. The van der Waals surface area contributed by atoms with Crippen molar-refractivity contribution in [2.24, 2.45) is 5.92 Å². The van der Waals surface area contributed by atoms with E-state index in [2.05, 4.69) is 29.0 Å². The standard InChI is InChI=1S/C25H25FN4O3S2/c1-15(2)23-22-21(14-30(23)13-18-7-4-17(11-27)10-20(18)26)34-25(29-22)24(31)28-12-16-5-8-19(9-6-16)35(3,32)33/h4-10,15,23H,12-14H2,1-3H3,(H,28,31)/t23-/m0/s1. The first-order chi connectivity index (χ1) is 16.6. The molecule has 0 saturated carbocycles. The number of halogens is 1. The number of carbonyl (C=O) groups excluding carboxylic acids is 1. The van der Waals surface area contributed by atoms with Crippen LogP contribution in [-0.2, 0) is 29.5 Å². The second-order valence-electron chi connectivity index (χ2n) is 8.94. The van der Waals surface area contributed by atoms with Gasteiger partial charge in [-0.3, -0.25) is 9.69 Å². The van der Waals surface area contributed by atoms with E-state index in [-0.39, 0.29) is 34.9 Å². The van der Waals surface area contributed by atoms with Gasteiger partial charge in [-0.2, -0.15) is 5.26 Å². The third-order valence-electron chi connectivity index (χ3n) is 5.93. The van der Waals surface area contributed by atoms with Crippen molar-refractivity contribution in [2.75, 3.05) is 6.26 Å². The maximum absolute atomic E-state index is 14.5. The molecule has 1 aliphatic heterocycles. The van der Waals surface area contributed by atoms with Gasteiger partial charge in [-0.15, -0.1) is 11.3 Å². The molecule has 35 heavy (non-hydrogen) atoms. The molecule has 0 bridgehead atoms. The van der Waals surface area contributed by atoms with Crippen molar-refractivity contribution in [3.05, 3.63) is 80.6 Å². The van der Waals surface area contributed by atoms with E-state index in [0.717, 1.165) is 22.4 Å². The van der Waals surface area contributed by atoms with Crippen LogP contribution in [0.25, 0.3) is 0 Å². The van der Waals surface area contributed by atoms with Gasteiger partial charge < -0.3 is 5.32 Å². The van der Waals surface area contributed by atoms with Crippen molar-refractivity contribution in [2.45, 2.75) is 44.4 Å². The van der Waals surface area contributed by atoms with Gasteiger partial charge in [0.1, 0.15) is 5.82 Å². The van der Waals surface area contributed by atoms with Crippen LogP contribution in [0.3, 0.4) is 0 Å². The Hall–Kier alpha value is -3.13. The van der Waals surface area contributed by atoms with E-state index in [1.807, 2.05) is 6.07 Å². The summed E-state index contributed by atoms with van der Waals surface area (Å²) in [6.07, 6.45) is 1.15. The molecule has 0 unspecified atom stereocenters. The minimum atomic E-state index is -3.27. The number of aromatic nitrogens is 1. The maximum atomic E-state index is 14.5. The Bertz CT molecular complexity index is 1410. The van der Waals surface area contributed by atoms with E-state index in [1.165, 1.54) is 29.5 Å². The Kier molecular flexibility index (Phi) is 7.03. The molecule has 7 nitrogen and oxygen atoms in total. The molecule has 10 heteroatoms. The average Bonchev–Trinajstić information content (AvgIpc) is 3.36. The highest BCUT2D eigenvalue weighted by atomic mass is 32.2.